The molecule has 30 heavy (non-hydrogen) atoms. The summed E-state index contributed by atoms with van der Waals surface area (Å²) in [6, 6.07) is 19.3. The Hall–Kier alpha value is -3.06. The lowest BCUT2D eigenvalue weighted by molar-refractivity contribution is 0.304. The van der Waals surface area contributed by atoms with Crippen molar-refractivity contribution in [3.05, 3.63) is 60.2 Å². The van der Waals surface area contributed by atoms with Gasteiger partial charge in [-0.15, -0.1) is 0 Å². The van der Waals surface area contributed by atoms with Gasteiger partial charge in [-0.25, -0.2) is 0 Å². The zero-order valence-corrected chi connectivity index (χ0v) is 17.8. The van der Waals surface area contributed by atoms with Crippen LogP contribution in [0.4, 0.5) is 0 Å². The molecule has 0 N–H and O–H groups in total. The third kappa shape index (κ3) is 6.49. The van der Waals surface area contributed by atoms with Gasteiger partial charge in [0.15, 0.2) is 5.76 Å². The van der Waals surface area contributed by atoms with Gasteiger partial charge in [-0.3, -0.25) is 0 Å². The van der Waals surface area contributed by atoms with E-state index in [1.54, 1.807) is 12.1 Å². The quantitative estimate of drug-likeness (QED) is 0.296. The molecule has 4 nitrogen and oxygen atoms in total. The minimum absolute atomic E-state index is 0.626. The Kier molecular flexibility index (Phi) is 8.53. The van der Waals surface area contributed by atoms with Crippen molar-refractivity contribution in [3.8, 4) is 34.4 Å². The highest BCUT2D eigenvalue weighted by Crippen LogP contribution is 2.27. The molecule has 0 bridgehead atoms. The monoisotopic (exact) mass is 402 g/mol. The first-order valence-electron chi connectivity index (χ1n) is 11.0. The van der Waals surface area contributed by atoms with E-state index in [1.807, 2.05) is 42.5 Å². The molecule has 0 unspecified atom stereocenters. The van der Waals surface area contributed by atoms with Gasteiger partial charge in [0.25, 0.3) is 0 Å². The number of benzene rings is 2. The third-order valence-electron chi connectivity index (χ3n) is 5.23. The van der Waals surface area contributed by atoms with Gasteiger partial charge >= 0.3 is 0 Å². The molecule has 0 aliphatic carbocycles. The SMILES string of the molecule is CCCCCCCCCCOc1ccc(-c2cc(-c3ccc(C#N)cc3)on2)cc1. The van der Waals surface area contributed by atoms with Crippen LogP contribution in [0.1, 0.15) is 63.9 Å². The molecule has 3 aromatic rings. The van der Waals surface area contributed by atoms with Crippen molar-refractivity contribution in [2.45, 2.75) is 58.3 Å². The first-order chi connectivity index (χ1) is 14.8. The van der Waals surface area contributed by atoms with Crippen molar-refractivity contribution in [1.29, 1.82) is 5.26 Å². The van der Waals surface area contributed by atoms with Gasteiger partial charge in [0, 0.05) is 17.2 Å². The standard InChI is InChI=1S/C26H30N2O2/c1-2-3-4-5-6-7-8-9-18-29-24-16-14-22(15-17-24)25-19-26(30-28-25)23-12-10-21(20-27)11-13-23/h10-17,19H,2-9,18H2,1H3. The van der Waals surface area contributed by atoms with Crippen molar-refractivity contribution in [1.82, 2.24) is 5.16 Å². The second-order valence-corrected chi connectivity index (χ2v) is 7.61. The van der Waals surface area contributed by atoms with Crippen LogP contribution in [0.2, 0.25) is 0 Å². The van der Waals surface area contributed by atoms with Crippen LogP contribution < -0.4 is 4.74 Å². The number of ether oxygens (including phenoxy) is 1. The van der Waals surface area contributed by atoms with Crippen molar-refractivity contribution < 1.29 is 9.26 Å². The maximum absolute atomic E-state index is 8.91. The number of nitrogens with zero attached hydrogens (tertiary/aromatic N) is 2. The molecule has 0 aliphatic heterocycles. The Morgan fingerprint density at radius 2 is 1.47 bits per heavy atom. The van der Waals surface area contributed by atoms with Crippen molar-refractivity contribution in [3.63, 3.8) is 0 Å². The smallest absolute Gasteiger partial charge is 0.167 e. The third-order valence-corrected chi connectivity index (χ3v) is 5.23. The normalized spacial score (nSPS) is 10.7. The highest BCUT2D eigenvalue weighted by molar-refractivity contribution is 5.67. The number of nitriles is 1. The molecule has 0 saturated carbocycles. The number of unbranched alkanes of at least 4 members (excludes halogenated alkanes) is 7. The predicted molar refractivity (Wildman–Crippen MR) is 120 cm³/mol. The molecule has 0 amide bonds. The van der Waals surface area contributed by atoms with E-state index < -0.39 is 0 Å². The number of aromatic nitrogens is 1. The van der Waals surface area contributed by atoms with Gasteiger partial charge in [-0.05, 0) is 55.0 Å². The zero-order chi connectivity index (χ0) is 21.0. The molecular formula is C26H30N2O2. The molecule has 0 radical (unpaired) electrons. The van der Waals surface area contributed by atoms with Gasteiger partial charge in [-0.1, -0.05) is 57.0 Å². The Labute approximate surface area is 179 Å². The van der Waals surface area contributed by atoms with Crippen LogP contribution in [-0.4, -0.2) is 11.8 Å². The summed E-state index contributed by atoms with van der Waals surface area (Å²) in [5.41, 5.74) is 3.29. The van der Waals surface area contributed by atoms with E-state index in [-0.39, 0.29) is 0 Å². The molecule has 0 saturated heterocycles. The average molecular weight is 403 g/mol. The molecule has 3 rings (SSSR count). The molecule has 0 spiro atoms. The first-order valence-corrected chi connectivity index (χ1v) is 11.0. The van der Waals surface area contributed by atoms with Crippen LogP contribution in [-0.2, 0) is 0 Å². The van der Waals surface area contributed by atoms with Crippen molar-refractivity contribution >= 4 is 0 Å². The molecule has 1 heterocycles. The van der Waals surface area contributed by atoms with Gasteiger partial charge in [0.1, 0.15) is 11.4 Å². The Balaban J connectivity index is 1.43. The van der Waals surface area contributed by atoms with Gasteiger partial charge in [0.2, 0.25) is 0 Å². The van der Waals surface area contributed by atoms with E-state index in [9.17, 15) is 0 Å². The minimum Gasteiger partial charge on any atom is -0.494 e. The Morgan fingerprint density at radius 3 is 2.13 bits per heavy atom. The molecular weight excluding hydrogens is 372 g/mol. The molecule has 2 aromatic carbocycles. The predicted octanol–water partition coefficient (Wildman–Crippen LogP) is 7.40. The van der Waals surface area contributed by atoms with Crippen LogP contribution in [0.25, 0.3) is 22.6 Å². The van der Waals surface area contributed by atoms with Crippen LogP contribution >= 0.6 is 0 Å². The van der Waals surface area contributed by atoms with Gasteiger partial charge in [-0.2, -0.15) is 5.26 Å². The summed E-state index contributed by atoms with van der Waals surface area (Å²) in [4.78, 5) is 0. The van der Waals surface area contributed by atoms with Crippen molar-refractivity contribution in [2.24, 2.45) is 0 Å². The fraction of sp³-hybridized carbons (Fsp3) is 0.385. The lowest BCUT2D eigenvalue weighted by atomic mass is 10.1. The van der Waals surface area contributed by atoms with Gasteiger partial charge in [0.05, 0.1) is 18.2 Å². The highest BCUT2D eigenvalue weighted by Gasteiger charge is 2.09. The summed E-state index contributed by atoms with van der Waals surface area (Å²) in [6.07, 6.45) is 10.4. The van der Waals surface area contributed by atoms with Crippen LogP contribution in [0.3, 0.4) is 0 Å². The summed E-state index contributed by atoms with van der Waals surface area (Å²) in [6.45, 7) is 3.02. The van der Waals surface area contributed by atoms with Crippen LogP contribution in [0, 0.1) is 11.3 Å². The molecule has 1 aromatic heterocycles. The Bertz CT molecular complexity index is 921. The number of rotatable bonds is 12. The molecule has 0 aliphatic rings. The largest absolute Gasteiger partial charge is 0.494 e. The van der Waals surface area contributed by atoms with E-state index in [2.05, 4.69) is 18.1 Å². The minimum atomic E-state index is 0.626. The molecule has 4 heteroatoms. The fourth-order valence-corrected chi connectivity index (χ4v) is 3.40. The summed E-state index contributed by atoms with van der Waals surface area (Å²) in [5.74, 6) is 1.57. The topological polar surface area (TPSA) is 59.0 Å². The first kappa shape index (κ1) is 21.6. The van der Waals surface area contributed by atoms with Crippen LogP contribution in [0.5, 0.6) is 5.75 Å². The molecule has 0 fully saturated rings. The zero-order valence-electron chi connectivity index (χ0n) is 17.8. The second kappa shape index (κ2) is 11.8. The van der Waals surface area contributed by atoms with Gasteiger partial charge < -0.3 is 9.26 Å². The van der Waals surface area contributed by atoms with E-state index in [4.69, 9.17) is 14.5 Å². The lowest BCUT2D eigenvalue weighted by Gasteiger charge is -2.06. The molecule has 156 valence electrons. The van der Waals surface area contributed by atoms with E-state index >= 15 is 0 Å². The Morgan fingerprint density at radius 1 is 0.833 bits per heavy atom. The summed E-state index contributed by atoms with van der Waals surface area (Å²) in [5, 5.41) is 13.1. The maximum Gasteiger partial charge on any atom is 0.167 e. The van der Waals surface area contributed by atoms with E-state index in [1.165, 1.54) is 44.9 Å². The summed E-state index contributed by atoms with van der Waals surface area (Å²) < 4.78 is 11.3. The maximum atomic E-state index is 8.91. The average Bonchev–Trinajstić information content (AvgIpc) is 3.29. The highest BCUT2D eigenvalue weighted by atomic mass is 16.5. The van der Waals surface area contributed by atoms with Crippen molar-refractivity contribution in [2.75, 3.05) is 6.61 Å². The summed E-state index contributed by atoms with van der Waals surface area (Å²) >= 11 is 0. The molecule has 0 atom stereocenters. The fourth-order valence-electron chi connectivity index (χ4n) is 3.40. The van der Waals surface area contributed by atoms with E-state index in [0.29, 0.717) is 11.3 Å². The number of hydrogen-bond acceptors (Lipinski definition) is 4. The second-order valence-electron chi connectivity index (χ2n) is 7.61. The number of hydrogen-bond donors (Lipinski definition) is 0. The van der Waals surface area contributed by atoms with E-state index in [0.717, 1.165) is 35.6 Å². The van der Waals surface area contributed by atoms with Crippen LogP contribution in [0.15, 0.2) is 59.1 Å². The lowest BCUT2D eigenvalue weighted by Crippen LogP contribution is -1.97. The summed E-state index contributed by atoms with van der Waals surface area (Å²) in [7, 11) is 0.